The first kappa shape index (κ1) is 32.2. The third-order valence-electron chi connectivity index (χ3n) is 8.61. The molecule has 8 heteroatoms. The van der Waals surface area contributed by atoms with Gasteiger partial charge in [0.05, 0.1) is 36.0 Å². The van der Waals surface area contributed by atoms with Crippen LogP contribution in [0, 0.1) is 5.92 Å². The standard InChI is InChI=1S/C39H40N4O4/c1-4-19-43(3)24-36-26(2)37(29-17-15-27(25-44)16-18-29)47-39(46-36)32-12-8-11-31(21-32)30-10-7-9-28(20-30)22-41-38(45)35-23-40-33-13-5-6-14-34(33)42-35/h4-18,20-21,23,26,36-37,39,44H,1,19,22,24-25H2,2-3H3,(H,41,45). The van der Waals surface area contributed by atoms with Crippen molar-refractivity contribution in [1.82, 2.24) is 20.2 Å². The van der Waals surface area contributed by atoms with Gasteiger partial charge in [0.1, 0.15) is 5.69 Å². The van der Waals surface area contributed by atoms with E-state index in [2.05, 4.69) is 65.0 Å². The fourth-order valence-corrected chi connectivity index (χ4v) is 6.00. The second-order valence-corrected chi connectivity index (χ2v) is 12.1. The molecule has 6 rings (SSSR count). The maximum Gasteiger partial charge on any atom is 0.271 e. The molecule has 5 aromatic rings. The molecule has 47 heavy (non-hydrogen) atoms. The number of aromatic nitrogens is 2. The Morgan fingerprint density at radius 2 is 1.66 bits per heavy atom. The molecule has 2 heterocycles. The number of nitrogens with zero attached hydrogens (tertiary/aromatic N) is 3. The first-order valence-electron chi connectivity index (χ1n) is 15.9. The van der Waals surface area contributed by atoms with E-state index in [0.29, 0.717) is 12.1 Å². The van der Waals surface area contributed by atoms with Crippen LogP contribution in [0.1, 0.15) is 52.1 Å². The normalized spacial score (nSPS) is 19.5. The Kier molecular flexibility index (Phi) is 10.1. The summed E-state index contributed by atoms with van der Waals surface area (Å²) >= 11 is 0. The van der Waals surface area contributed by atoms with Crippen LogP contribution in [0.15, 0.2) is 116 Å². The Bertz CT molecular complexity index is 1840. The number of hydrogen-bond donors (Lipinski definition) is 2. The number of aliphatic hydroxyl groups is 1. The van der Waals surface area contributed by atoms with Gasteiger partial charge in [0, 0.05) is 31.1 Å². The van der Waals surface area contributed by atoms with Crippen molar-refractivity contribution in [3.63, 3.8) is 0 Å². The van der Waals surface area contributed by atoms with E-state index in [1.54, 1.807) is 0 Å². The minimum absolute atomic E-state index is 0.00155. The molecule has 1 aliphatic heterocycles. The molecule has 4 unspecified atom stereocenters. The fraction of sp³-hybridized carbons (Fsp3) is 0.256. The Labute approximate surface area is 275 Å². The third kappa shape index (κ3) is 7.64. The van der Waals surface area contributed by atoms with Crippen molar-refractivity contribution in [3.8, 4) is 11.1 Å². The average molecular weight is 629 g/mol. The number of aliphatic hydroxyl groups excluding tert-OH is 1. The molecule has 0 bridgehead atoms. The van der Waals surface area contributed by atoms with E-state index >= 15 is 0 Å². The number of nitrogens with one attached hydrogen (secondary N) is 1. The number of rotatable bonds is 11. The molecule has 0 aliphatic carbocycles. The first-order chi connectivity index (χ1) is 22.9. The van der Waals surface area contributed by atoms with Crippen molar-refractivity contribution >= 4 is 16.9 Å². The van der Waals surface area contributed by atoms with Gasteiger partial charge < -0.3 is 24.8 Å². The van der Waals surface area contributed by atoms with Gasteiger partial charge in [-0.2, -0.15) is 0 Å². The molecule has 1 fully saturated rings. The SMILES string of the molecule is C=CCN(C)CC1OC(c2cccc(-c3cccc(CNC(=O)c4cnc5ccccc5n4)c3)c2)OC(c2ccc(CO)cc2)C1C. The van der Waals surface area contributed by atoms with Gasteiger partial charge in [-0.25, -0.2) is 4.98 Å². The van der Waals surface area contributed by atoms with Crippen molar-refractivity contribution in [2.75, 3.05) is 20.1 Å². The van der Waals surface area contributed by atoms with Gasteiger partial charge in [0.25, 0.3) is 5.91 Å². The van der Waals surface area contributed by atoms with E-state index in [1.165, 1.54) is 6.20 Å². The minimum Gasteiger partial charge on any atom is -0.392 e. The second kappa shape index (κ2) is 14.8. The Hall–Kier alpha value is -4.73. The van der Waals surface area contributed by atoms with Crippen LogP contribution in [-0.2, 0) is 22.6 Å². The first-order valence-corrected chi connectivity index (χ1v) is 15.9. The molecule has 2 N–H and O–H groups in total. The summed E-state index contributed by atoms with van der Waals surface area (Å²) in [5.41, 5.74) is 7.57. The van der Waals surface area contributed by atoms with Crippen molar-refractivity contribution in [2.24, 2.45) is 5.92 Å². The average Bonchev–Trinajstić information content (AvgIpc) is 3.11. The van der Waals surface area contributed by atoms with Gasteiger partial charge >= 0.3 is 0 Å². The van der Waals surface area contributed by atoms with Gasteiger partial charge in [0.2, 0.25) is 0 Å². The predicted octanol–water partition coefficient (Wildman–Crippen LogP) is 6.63. The Morgan fingerprint density at radius 1 is 0.915 bits per heavy atom. The van der Waals surface area contributed by atoms with Crippen LogP contribution in [0.2, 0.25) is 0 Å². The molecule has 1 aromatic heterocycles. The molecule has 240 valence electrons. The molecule has 0 spiro atoms. The van der Waals surface area contributed by atoms with E-state index in [-0.39, 0.29) is 36.3 Å². The van der Waals surface area contributed by atoms with Gasteiger partial charge in [-0.15, -0.1) is 6.58 Å². The molecule has 0 radical (unpaired) electrons. The maximum atomic E-state index is 12.9. The molecular weight excluding hydrogens is 588 g/mol. The van der Waals surface area contributed by atoms with Crippen LogP contribution >= 0.6 is 0 Å². The number of carbonyl (C=O) groups excluding carboxylic acids is 1. The van der Waals surface area contributed by atoms with Gasteiger partial charge in [-0.05, 0) is 59.1 Å². The van der Waals surface area contributed by atoms with E-state index < -0.39 is 6.29 Å². The lowest BCUT2D eigenvalue weighted by Crippen LogP contribution is -2.43. The van der Waals surface area contributed by atoms with Crippen LogP contribution in [0.4, 0.5) is 0 Å². The van der Waals surface area contributed by atoms with Crippen LogP contribution in [0.25, 0.3) is 22.2 Å². The minimum atomic E-state index is -0.568. The highest BCUT2D eigenvalue weighted by Crippen LogP contribution is 2.42. The number of hydrogen-bond acceptors (Lipinski definition) is 7. The lowest BCUT2D eigenvalue weighted by Gasteiger charge is -2.42. The highest BCUT2D eigenvalue weighted by atomic mass is 16.7. The largest absolute Gasteiger partial charge is 0.392 e. The summed E-state index contributed by atoms with van der Waals surface area (Å²) in [7, 11) is 2.07. The zero-order valence-electron chi connectivity index (χ0n) is 26.8. The van der Waals surface area contributed by atoms with E-state index in [0.717, 1.165) is 52.0 Å². The molecule has 1 saturated heterocycles. The number of likely N-dealkylation sites (N-methyl/N-ethyl adjacent to an activating group) is 1. The van der Waals surface area contributed by atoms with Crippen molar-refractivity contribution in [2.45, 2.75) is 38.6 Å². The third-order valence-corrected chi connectivity index (χ3v) is 8.61. The number of fused-ring (bicyclic) bond motifs is 1. The number of carbonyl (C=O) groups is 1. The molecule has 4 atom stereocenters. The summed E-state index contributed by atoms with van der Waals surface area (Å²) in [4.78, 5) is 23.9. The summed E-state index contributed by atoms with van der Waals surface area (Å²) < 4.78 is 13.3. The Morgan fingerprint density at radius 3 is 2.43 bits per heavy atom. The number of amides is 1. The summed E-state index contributed by atoms with van der Waals surface area (Å²) in [5.74, 6) is -0.181. The summed E-state index contributed by atoms with van der Waals surface area (Å²) in [6.45, 7) is 7.90. The van der Waals surface area contributed by atoms with E-state index in [1.807, 2.05) is 78.9 Å². The highest BCUT2D eigenvalue weighted by Gasteiger charge is 2.38. The van der Waals surface area contributed by atoms with Gasteiger partial charge in [-0.1, -0.05) is 85.8 Å². The van der Waals surface area contributed by atoms with E-state index in [9.17, 15) is 9.90 Å². The van der Waals surface area contributed by atoms with E-state index in [4.69, 9.17) is 9.47 Å². The predicted molar refractivity (Wildman–Crippen MR) is 183 cm³/mol. The summed E-state index contributed by atoms with van der Waals surface area (Å²) in [6.07, 6.45) is 2.57. The molecule has 8 nitrogen and oxygen atoms in total. The lowest BCUT2D eigenvalue weighted by molar-refractivity contribution is -0.275. The molecule has 1 amide bonds. The van der Waals surface area contributed by atoms with Crippen LogP contribution in [-0.4, -0.2) is 52.1 Å². The molecular formula is C39H40N4O4. The highest BCUT2D eigenvalue weighted by molar-refractivity contribution is 5.93. The van der Waals surface area contributed by atoms with Crippen LogP contribution < -0.4 is 5.32 Å². The quantitative estimate of drug-likeness (QED) is 0.159. The van der Waals surface area contributed by atoms with Crippen molar-refractivity contribution in [3.05, 3.63) is 144 Å². The molecule has 4 aromatic carbocycles. The van der Waals surface area contributed by atoms with Gasteiger partial charge in [0.15, 0.2) is 6.29 Å². The van der Waals surface area contributed by atoms with Gasteiger partial charge in [-0.3, -0.25) is 9.78 Å². The second-order valence-electron chi connectivity index (χ2n) is 12.1. The smallest absolute Gasteiger partial charge is 0.271 e. The number of para-hydroxylation sites is 2. The molecule has 1 aliphatic rings. The maximum absolute atomic E-state index is 12.9. The zero-order valence-corrected chi connectivity index (χ0v) is 26.8. The fourth-order valence-electron chi connectivity index (χ4n) is 6.00. The summed E-state index contributed by atoms with van der Waals surface area (Å²) in [5, 5.41) is 12.5. The lowest BCUT2D eigenvalue weighted by atomic mass is 9.90. The van der Waals surface area contributed by atoms with Crippen molar-refractivity contribution < 1.29 is 19.4 Å². The monoisotopic (exact) mass is 628 g/mol. The van der Waals surface area contributed by atoms with Crippen molar-refractivity contribution in [1.29, 1.82) is 0 Å². The zero-order chi connectivity index (χ0) is 32.8. The summed E-state index contributed by atoms with van der Waals surface area (Å²) in [6, 6.07) is 31.8. The van der Waals surface area contributed by atoms with Crippen LogP contribution in [0.3, 0.4) is 0 Å². The number of ether oxygens (including phenoxy) is 2. The van der Waals surface area contributed by atoms with Crippen LogP contribution in [0.5, 0.6) is 0 Å². The topological polar surface area (TPSA) is 96.8 Å². The number of benzene rings is 4. The molecule has 0 saturated carbocycles. The Balaban J connectivity index is 1.20.